The third-order valence-corrected chi connectivity index (χ3v) is 7.12. The van der Waals surface area contributed by atoms with Crippen molar-refractivity contribution in [2.75, 3.05) is 46.4 Å². The van der Waals surface area contributed by atoms with Crippen molar-refractivity contribution in [3.05, 3.63) is 65.7 Å². The van der Waals surface area contributed by atoms with E-state index in [4.69, 9.17) is 4.74 Å². The normalized spacial score (nSPS) is 18.8. The van der Waals surface area contributed by atoms with Crippen LogP contribution < -0.4 is 4.74 Å². The number of ether oxygens (including phenoxy) is 1. The Kier molecular flexibility index (Phi) is 9.01. The molecule has 0 N–H and O–H groups in total. The maximum absolute atomic E-state index is 5.99. The van der Waals surface area contributed by atoms with Gasteiger partial charge in [0.15, 0.2) is 0 Å². The van der Waals surface area contributed by atoms with E-state index in [1.807, 2.05) is 0 Å². The van der Waals surface area contributed by atoms with Gasteiger partial charge in [-0.25, -0.2) is 0 Å². The third kappa shape index (κ3) is 7.33. The highest BCUT2D eigenvalue weighted by Crippen LogP contribution is 2.20. The highest BCUT2D eigenvalue weighted by atomic mass is 16.5. The molecule has 0 aromatic heterocycles. The number of piperidine rings is 2. The zero-order valence-corrected chi connectivity index (χ0v) is 19.9. The van der Waals surface area contributed by atoms with Gasteiger partial charge in [0.25, 0.3) is 0 Å². The predicted octanol–water partition coefficient (Wildman–Crippen LogP) is 5.04. The third-order valence-electron chi connectivity index (χ3n) is 7.12. The lowest BCUT2D eigenvalue weighted by Crippen LogP contribution is -2.42. The molecule has 32 heavy (non-hydrogen) atoms. The second kappa shape index (κ2) is 12.4. The predicted molar refractivity (Wildman–Crippen MR) is 133 cm³/mol. The van der Waals surface area contributed by atoms with E-state index in [1.54, 1.807) is 0 Å². The van der Waals surface area contributed by atoms with Gasteiger partial charge >= 0.3 is 0 Å². The molecule has 4 rings (SSSR count). The lowest BCUT2D eigenvalue weighted by atomic mass is 10.0. The fourth-order valence-corrected chi connectivity index (χ4v) is 5.13. The minimum atomic E-state index is 0.687. The minimum Gasteiger partial charge on any atom is -0.494 e. The van der Waals surface area contributed by atoms with Crippen molar-refractivity contribution in [3.8, 4) is 5.75 Å². The molecule has 0 spiro atoms. The van der Waals surface area contributed by atoms with E-state index < -0.39 is 0 Å². The van der Waals surface area contributed by atoms with E-state index in [0.717, 1.165) is 31.9 Å². The van der Waals surface area contributed by atoms with Gasteiger partial charge in [-0.3, -0.25) is 9.80 Å². The molecule has 2 aromatic carbocycles. The van der Waals surface area contributed by atoms with Gasteiger partial charge in [-0.2, -0.15) is 0 Å². The summed E-state index contributed by atoms with van der Waals surface area (Å²) in [6, 6.07) is 20.3. The number of rotatable bonds is 10. The van der Waals surface area contributed by atoms with Gasteiger partial charge in [0.05, 0.1) is 6.61 Å². The Morgan fingerprint density at radius 2 is 1.53 bits per heavy atom. The standard InChI is InChI=1S/C28H41N3O/c1-29(23-25-9-4-2-5-10-25)27-15-20-31(21-16-27)24-26-11-13-28(14-12-26)32-22-8-19-30-17-6-3-7-18-30/h2,4-5,9-14,27H,3,6-8,15-24H2,1H3. The van der Waals surface area contributed by atoms with Crippen molar-refractivity contribution < 1.29 is 4.74 Å². The Morgan fingerprint density at radius 3 is 2.25 bits per heavy atom. The van der Waals surface area contributed by atoms with Crippen LogP contribution in [0.25, 0.3) is 0 Å². The molecule has 2 fully saturated rings. The summed E-state index contributed by atoms with van der Waals surface area (Å²) < 4.78 is 5.99. The number of hydrogen-bond donors (Lipinski definition) is 0. The first-order valence-electron chi connectivity index (χ1n) is 12.7. The first kappa shape index (κ1) is 23.3. The van der Waals surface area contributed by atoms with Crippen LogP contribution in [0.15, 0.2) is 54.6 Å². The molecule has 0 unspecified atom stereocenters. The van der Waals surface area contributed by atoms with E-state index in [2.05, 4.69) is 76.3 Å². The summed E-state index contributed by atoms with van der Waals surface area (Å²) in [5, 5.41) is 0. The van der Waals surface area contributed by atoms with Crippen LogP contribution in [0.4, 0.5) is 0 Å². The molecule has 174 valence electrons. The monoisotopic (exact) mass is 435 g/mol. The van der Waals surface area contributed by atoms with Crippen LogP contribution in [0.5, 0.6) is 5.75 Å². The van der Waals surface area contributed by atoms with Crippen LogP contribution in [-0.2, 0) is 13.1 Å². The van der Waals surface area contributed by atoms with Crippen LogP contribution in [0.2, 0.25) is 0 Å². The van der Waals surface area contributed by atoms with Crippen molar-refractivity contribution >= 4 is 0 Å². The van der Waals surface area contributed by atoms with Crippen LogP contribution in [0.3, 0.4) is 0 Å². The van der Waals surface area contributed by atoms with E-state index in [-0.39, 0.29) is 0 Å². The molecule has 0 amide bonds. The average molecular weight is 436 g/mol. The number of hydrogen-bond acceptors (Lipinski definition) is 4. The summed E-state index contributed by atoms with van der Waals surface area (Å²) >= 11 is 0. The maximum atomic E-state index is 5.99. The zero-order valence-electron chi connectivity index (χ0n) is 19.9. The quantitative estimate of drug-likeness (QED) is 0.487. The van der Waals surface area contributed by atoms with Gasteiger partial charge < -0.3 is 9.64 Å². The summed E-state index contributed by atoms with van der Waals surface area (Å²) in [4.78, 5) is 7.71. The zero-order chi connectivity index (χ0) is 22.0. The van der Waals surface area contributed by atoms with Crippen LogP contribution in [-0.4, -0.2) is 67.1 Å². The highest BCUT2D eigenvalue weighted by molar-refractivity contribution is 5.27. The van der Waals surface area contributed by atoms with Crippen LogP contribution >= 0.6 is 0 Å². The summed E-state index contributed by atoms with van der Waals surface area (Å²) in [7, 11) is 2.28. The molecular formula is C28H41N3O. The van der Waals surface area contributed by atoms with Gasteiger partial charge in [0.1, 0.15) is 5.75 Å². The molecule has 4 nitrogen and oxygen atoms in total. The van der Waals surface area contributed by atoms with Crippen molar-refractivity contribution in [2.45, 2.75) is 57.7 Å². The van der Waals surface area contributed by atoms with E-state index in [1.165, 1.54) is 76.0 Å². The van der Waals surface area contributed by atoms with Gasteiger partial charge in [0, 0.05) is 25.7 Å². The fraction of sp³-hybridized carbons (Fsp3) is 0.571. The lowest BCUT2D eigenvalue weighted by molar-refractivity contribution is 0.119. The second-order valence-corrected chi connectivity index (χ2v) is 9.66. The topological polar surface area (TPSA) is 19.0 Å². The first-order valence-corrected chi connectivity index (χ1v) is 12.7. The molecule has 2 saturated heterocycles. The number of likely N-dealkylation sites (tertiary alicyclic amines) is 2. The molecule has 2 aliphatic rings. The Labute approximate surface area is 195 Å². The van der Waals surface area contributed by atoms with Crippen LogP contribution in [0.1, 0.15) is 49.7 Å². The molecule has 4 heteroatoms. The molecule has 2 aromatic rings. The second-order valence-electron chi connectivity index (χ2n) is 9.66. The Hall–Kier alpha value is -1.88. The molecule has 0 atom stereocenters. The molecule has 0 aliphatic carbocycles. The van der Waals surface area contributed by atoms with E-state index in [0.29, 0.717) is 6.04 Å². The Bertz CT molecular complexity index is 765. The van der Waals surface area contributed by atoms with E-state index in [9.17, 15) is 0 Å². The SMILES string of the molecule is CN(Cc1ccccc1)C1CCN(Cc2ccc(OCCCN3CCCCC3)cc2)CC1. The van der Waals surface area contributed by atoms with Crippen LogP contribution in [0, 0.1) is 0 Å². The molecule has 2 aliphatic heterocycles. The smallest absolute Gasteiger partial charge is 0.119 e. The summed E-state index contributed by atoms with van der Waals surface area (Å²) in [5.74, 6) is 1.01. The molecular weight excluding hydrogens is 394 g/mol. The Morgan fingerprint density at radius 1 is 0.812 bits per heavy atom. The van der Waals surface area contributed by atoms with Gasteiger partial charge in [-0.15, -0.1) is 0 Å². The van der Waals surface area contributed by atoms with Gasteiger partial charge in [-0.1, -0.05) is 48.9 Å². The maximum Gasteiger partial charge on any atom is 0.119 e. The number of benzene rings is 2. The van der Waals surface area contributed by atoms with Crippen molar-refractivity contribution in [3.63, 3.8) is 0 Å². The van der Waals surface area contributed by atoms with E-state index >= 15 is 0 Å². The average Bonchev–Trinajstić information content (AvgIpc) is 2.84. The summed E-state index contributed by atoms with van der Waals surface area (Å²) in [6.07, 6.45) is 7.76. The minimum absolute atomic E-state index is 0.687. The van der Waals surface area contributed by atoms with Crippen molar-refractivity contribution in [2.24, 2.45) is 0 Å². The van der Waals surface area contributed by atoms with Crippen molar-refractivity contribution in [1.29, 1.82) is 0 Å². The molecule has 0 bridgehead atoms. The summed E-state index contributed by atoms with van der Waals surface area (Å²) in [6.45, 7) is 8.99. The molecule has 0 radical (unpaired) electrons. The highest BCUT2D eigenvalue weighted by Gasteiger charge is 2.22. The Balaban J connectivity index is 1.13. The summed E-state index contributed by atoms with van der Waals surface area (Å²) in [5.41, 5.74) is 2.80. The van der Waals surface area contributed by atoms with Crippen molar-refractivity contribution in [1.82, 2.24) is 14.7 Å². The first-order chi connectivity index (χ1) is 15.8. The van der Waals surface area contributed by atoms with Gasteiger partial charge in [0.2, 0.25) is 0 Å². The molecule has 0 saturated carbocycles. The fourth-order valence-electron chi connectivity index (χ4n) is 5.13. The van der Waals surface area contributed by atoms with Gasteiger partial charge in [-0.05, 0) is 88.6 Å². The largest absolute Gasteiger partial charge is 0.494 e. The lowest BCUT2D eigenvalue weighted by Gasteiger charge is -2.36. The molecule has 2 heterocycles. The number of nitrogens with zero attached hydrogens (tertiary/aromatic N) is 3.